The predicted molar refractivity (Wildman–Crippen MR) is 116 cm³/mol. The molecule has 1 aliphatic rings. The van der Waals surface area contributed by atoms with Gasteiger partial charge in [0.05, 0.1) is 7.11 Å². The first-order valence-corrected chi connectivity index (χ1v) is 10.3. The third-order valence-electron chi connectivity index (χ3n) is 5.93. The van der Waals surface area contributed by atoms with Crippen molar-refractivity contribution in [3.05, 3.63) is 65.9 Å². The zero-order chi connectivity index (χ0) is 21.0. The zero-order valence-corrected chi connectivity index (χ0v) is 17.2. The summed E-state index contributed by atoms with van der Waals surface area (Å²) >= 11 is 0. The Bertz CT molecular complexity index is 1040. The molecule has 1 fully saturated rings. The third kappa shape index (κ3) is 4.48. The van der Waals surface area contributed by atoms with Gasteiger partial charge >= 0.3 is 0 Å². The number of nitrogens with one attached hydrogen (secondary N) is 3. The molecule has 0 spiro atoms. The van der Waals surface area contributed by atoms with E-state index in [1.54, 1.807) is 7.11 Å². The maximum Gasteiger partial charge on any atom is 0.220 e. The number of hydrogen-bond acceptors (Lipinski definition) is 3. The topological polar surface area (TPSA) is 83.2 Å². The van der Waals surface area contributed by atoms with E-state index in [0.717, 1.165) is 34.2 Å². The number of carbonyl (C=O) groups is 2. The SMILES string of the molecule is COc1ccc(CC2(CCC(=O)NCc3cccc4[nH]ccc34)CCC(=O)N2)cc1. The average Bonchev–Trinajstić information content (AvgIpc) is 3.38. The number of aromatic amines is 1. The number of methoxy groups -OCH3 is 1. The van der Waals surface area contributed by atoms with Crippen LogP contribution in [0.3, 0.4) is 0 Å². The second-order valence-electron chi connectivity index (χ2n) is 7.99. The number of rotatable bonds is 8. The van der Waals surface area contributed by atoms with E-state index in [2.05, 4.69) is 15.6 Å². The minimum atomic E-state index is -0.371. The lowest BCUT2D eigenvalue weighted by molar-refractivity contribution is -0.122. The van der Waals surface area contributed by atoms with Crippen molar-refractivity contribution in [3.8, 4) is 5.75 Å². The molecule has 0 bridgehead atoms. The van der Waals surface area contributed by atoms with Crippen LogP contribution in [0.25, 0.3) is 10.9 Å². The number of benzene rings is 2. The van der Waals surface area contributed by atoms with Crippen LogP contribution in [0.5, 0.6) is 5.75 Å². The molecule has 2 aromatic carbocycles. The van der Waals surface area contributed by atoms with Gasteiger partial charge in [-0.15, -0.1) is 0 Å². The van der Waals surface area contributed by atoms with E-state index in [1.165, 1.54) is 0 Å². The van der Waals surface area contributed by atoms with Gasteiger partial charge in [-0.2, -0.15) is 0 Å². The second-order valence-corrected chi connectivity index (χ2v) is 7.99. The van der Waals surface area contributed by atoms with Crippen molar-refractivity contribution in [2.24, 2.45) is 0 Å². The Morgan fingerprint density at radius 3 is 2.73 bits per heavy atom. The summed E-state index contributed by atoms with van der Waals surface area (Å²) in [6.07, 6.45) is 4.85. The van der Waals surface area contributed by atoms with Crippen molar-refractivity contribution in [1.29, 1.82) is 0 Å². The van der Waals surface area contributed by atoms with Crippen LogP contribution in [0.2, 0.25) is 0 Å². The standard InChI is InChI=1S/C24H27N3O3/c1-30-19-7-5-17(6-8-19)15-24(13-10-23(29)27-24)12-9-22(28)26-16-18-3-2-4-21-20(18)11-14-25-21/h2-8,11,14,25H,9-10,12-13,15-16H2,1H3,(H,26,28)(H,27,29). The van der Waals surface area contributed by atoms with Crippen molar-refractivity contribution in [3.63, 3.8) is 0 Å². The molecule has 30 heavy (non-hydrogen) atoms. The molecule has 6 nitrogen and oxygen atoms in total. The highest BCUT2D eigenvalue weighted by molar-refractivity contribution is 5.84. The molecule has 0 aliphatic carbocycles. The maximum atomic E-state index is 12.6. The second kappa shape index (κ2) is 8.61. The number of aromatic nitrogens is 1. The predicted octanol–water partition coefficient (Wildman–Crippen LogP) is 3.46. The van der Waals surface area contributed by atoms with Crippen LogP contribution in [0.15, 0.2) is 54.7 Å². The van der Waals surface area contributed by atoms with Gasteiger partial charge in [-0.25, -0.2) is 0 Å². The first-order valence-electron chi connectivity index (χ1n) is 10.3. The van der Waals surface area contributed by atoms with E-state index < -0.39 is 0 Å². The highest BCUT2D eigenvalue weighted by Gasteiger charge is 2.37. The molecule has 3 aromatic rings. The molecule has 3 N–H and O–H groups in total. The first-order chi connectivity index (χ1) is 14.6. The molecule has 6 heteroatoms. The van der Waals surface area contributed by atoms with Crippen molar-refractivity contribution >= 4 is 22.7 Å². The summed E-state index contributed by atoms with van der Waals surface area (Å²) < 4.78 is 5.22. The van der Waals surface area contributed by atoms with E-state index in [9.17, 15) is 9.59 Å². The van der Waals surface area contributed by atoms with Gasteiger partial charge in [-0.1, -0.05) is 24.3 Å². The Kier molecular flexibility index (Phi) is 5.74. The van der Waals surface area contributed by atoms with Crippen molar-refractivity contribution in [1.82, 2.24) is 15.6 Å². The summed E-state index contributed by atoms with van der Waals surface area (Å²) in [4.78, 5) is 27.7. The molecule has 1 saturated heterocycles. The lowest BCUT2D eigenvalue weighted by atomic mass is 9.85. The molecule has 156 valence electrons. The summed E-state index contributed by atoms with van der Waals surface area (Å²) in [5.41, 5.74) is 2.90. The van der Waals surface area contributed by atoms with Crippen LogP contribution < -0.4 is 15.4 Å². The zero-order valence-electron chi connectivity index (χ0n) is 17.2. The van der Waals surface area contributed by atoms with E-state index in [-0.39, 0.29) is 17.4 Å². The van der Waals surface area contributed by atoms with Crippen LogP contribution >= 0.6 is 0 Å². The number of carbonyl (C=O) groups excluding carboxylic acids is 2. The van der Waals surface area contributed by atoms with Crippen molar-refractivity contribution < 1.29 is 14.3 Å². The van der Waals surface area contributed by atoms with Gasteiger partial charge in [0.2, 0.25) is 11.8 Å². The molecule has 1 aromatic heterocycles. The molecule has 1 aliphatic heterocycles. The Balaban J connectivity index is 1.36. The van der Waals surface area contributed by atoms with Gasteiger partial charge in [0.1, 0.15) is 5.75 Å². The molecule has 4 rings (SSSR count). The summed E-state index contributed by atoms with van der Waals surface area (Å²) in [5, 5.41) is 7.29. The number of fused-ring (bicyclic) bond motifs is 1. The van der Waals surface area contributed by atoms with Gasteiger partial charge in [0.25, 0.3) is 0 Å². The monoisotopic (exact) mass is 405 g/mol. The quantitative estimate of drug-likeness (QED) is 0.537. The Morgan fingerprint density at radius 2 is 2.00 bits per heavy atom. The van der Waals surface area contributed by atoms with Crippen LogP contribution in [0.4, 0.5) is 0 Å². The third-order valence-corrected chi connectivity index (χ3v) is 5.93. The van der Waals surface area contributed by atoms with E-state index in [1.807, 2.05) is 54.7 Å². The summed E-state index contributed by atoms with van der Waals surface area (Å²) in [6.45, 7) is 0.492. The maximum absolute atomic E-state index is 12.6. The first kappa shape index (κ1) is 20.0. The smallest absolute Gasteiger partial charge is 0.220 e. The molecule has 1 unspecified atom stereocenters. The minimum Gasteiger partial charge on any atom is -0.497 e. The van der Waals surface area contributed by atoms with Crippen LogP contribution in [0, 0.1) is 0 Å². The van der Waals surface area contributed by atoms with Crippen LogP contribution in [-0.4, -0.2) is 29.4 Å². The molecule has 2 heterocycles. The van der Waals surface area contributed by atoms with Gasteiger partial charge in [0.15, 0.2) is 0 Å². The lowest BCUT2D eigenvalue weighted by Gasteiger charge is -2.29. The Morgan fingerprint density at radius 1 is 1.17 bits per heavy atom. The number of ether oxygens (including phenoxy) is 1. The molecule has 0 saturated carbocycles. The number of hydrogen-bond donors (Lipinski definition) is 3. The van der Waals surface area contributed by atoms with Crippen molar-refractivity contribution in [2.75, 3.05) is 7.11 Å². The highest BCUT2D eigenvalue weighted by Crippen LogP contribution is 2.30. The highest BCUT2D eigenvalue weighted by atomic mass is 16.5. The fraction of sp³-hybridized carbons (Fsp3) is 0.333. The van der Waals surface area contributed by atoms with Gasteiger partial charge in [-0.3, -0.25) is 9.59 Å². The van der Waals surface area contributed by atoms with Crippen LogP contribution in [0.1, 0.15) is 36.8 Å². The number of H-pyrrole nitrogens is 1. The van der Waals surface area contributed by atoms with E-state index >= 15 is 0 Å². The molecule has 0 radical (unpaired) electrons. The summed E-state index contributed by atoms with van der Waals surface area (Å²) in [6, 6.07) is 15.9. The van der Waals surface area contributed by atoms with E-state index in [4.69, 9.17) is 4.74 Å². The average molecular weight is 405 g/mol. The Labute approximate surface area is 176 Å². The van der Waals surface area contributed by atoms with Crippen molar-refractivity contribution in [2.45, 2.75) is 44.2 Å². The summed E-state index contributed by atoms with van der Waals surface area (Å²) in [7, 11) is 1.64. The minimum absolute atomic E-state index is 0.00204. The molecule has 2 amide bonds. The van der Waals surface area contributed by atoms with Gasteiger partial charge in [0, 0.05) is 42.0 Å². The van der Waals surface area contributed by atoms with Gasteiger partial charge < -0.3 is 20.4 Å². The molecule has 1 atom stereocenters. The molecular weight excluding hydrogens is 378 g/mol. The summed E-state index contributed by atoms with van der Waals surface area (Å²) in [5.74, 6) is 0.862. The fourth-order valence-corrected chi connectivity index (χ4v) is 4.26. The largest absolute Gasteiger partial charge is 0.497 e. The molecular formula is C24H27N3O3. The Hall–Kier alpha value is -3.28. The van der Waals surface area contributed by atoms with E-state index in [0.29, 0.717) is 32.2 Å². The van der Waals surface area contributed by atoms with Crippen LogP contribution in [-0.2, 0) is 22.6 Å². The normalized spacial score (nSPS) is 18.4. The number of amides is 2. The van der Waals surface area contributed by atoms with Gasteiger partial charge in [-0.05, 0) is 54.7 Å². The fourth-order valence-electron chi connectivity index (χ4n) is 4.26. The lowest BCUT2D eigenvalue weighted by Crippen LogP contribution is -2.44.